The van der Waals surface area contributed by atoms with Crippen molar-refractivity contribution in [3.63, 3.8) is 0 Å². The van der Waals surface area contributed by atoms with Crippen LogP contribution in [0.2, 0.25) is 5.02 Å². The third kappa shape index (κ3) is 4.84. The maximum atomic E-state index is 13.1. The van der Waals surface area contributed by atoms with E-state index in [9.17, 15) is 9.59 Å². The molecular weight excluding hydrogens is 462 g/mol. The number of methoxy groups -OCH3 is 2. The van der Waals surface area contributed by atoms with Crippen molar-refractivity contribution in [3.05, 3.63) is 77.3 Å². The van der Waals surface area contributed by atoms with E-state index < -0.39 is 12.6 Å². The van der Waals surface area contributed by atoms with Crippen molar-refractivity contribution in [2.75, 3.05) is 25.7 Å². The molecule has 0 spiro atoms. The molecule has 0 radical (unpaired) electrons. The molecule has 0 aliphatic carbocycles. The normalized spacial score (nSPS) is 12.2. The van der Waals surface area contributed by atoms with Crippen LogP contribution in [0.25, 0.3) is 6.08 Å². The van der Waals surface area contributed by atoms with Crippen molar-refractivity contribution in [1.82, 2.24) is 0 Å². The van der Waals surface area contributed by atoms with Crippen molar-refractivity contribution >= 4 is 52.7 Å². The molecule has 0 N–H and O–H groups in total. The summed E-state index contributed by atoms with van der Waals surface area (Å²) in [5, 5.41) is 0.348. The van der Waals surface area contributed by atoms with Gasteiger partial charge in [0, 0.05) is 15.9 Å². The Morgan fingerprint density at radius 1 is 0.970 bits per heavy atom. The summed E-state index contributed by atoms with van der Waals surface area (Å²) in [7, 11) is 2.99. The van der Waals surface area contributed by atoms with Crippen molar-refractivity contribution in [1.29, 1.82) is 0 Å². The highest BCUT2D eigenvalue weighted by molar-refractivity contribution is 7.99. The van der Waals surface area contributed by atoms with Crippen LogP contribution in [-0.4, -0.2) is 32.7 Å². The van der Waals surface area contributed by atoms with Gasteiger partial charge in [-0.1, -0.05) is 47.6 Å². The molecule has 3 aromatic carbocycles. The Labute approximate surface area is 200 Å². The average Bonchev–Trinajstić information content (AvgIpc) is 2.84. The Kier molecular flexibility index (Phi) is 6.91. The molecule has 0 unspecified atom stereocenters. The van der Waals surface area contributed by atoms with E-state index >= 15 is 0 Å². The smallest absolute Gasteiger partial charge is 0.331 e. The zero-order valence-electron chi connectivity index (χ0n) is 17.9. The molecule has 1 heterocycles. The van der Waals surface area contributed by atoms with Gasteiger partial charge in [-0.15, -0.1) is 0 Å². The average molecular weight is 482 g/mol. The monoisotopic (exact) mass is 481 g/mol. The first-order valence-electron chi connectivity index (χ1n) is 9.97. The van der Waals surface area contributed by atoms with Crippen molar-refractivity contribution in [2.45, 2.75) is 9.79 Å². The van der Waals surface area contributed by atoms with Crippen LogP contribution in [0, 0.1) is 0 Å². The lowest BCUT2D eigenvalue weighted by atomic mass is 10.2. The van der Waals surface area contributed by atoms with E-state index in [0.717, 1.165) is 21.2 Å². The predicted octanol–water partition coefficient (Wildman–Crippen LogP) is 5.74. The van der Waals surface area contributed by atoms with E-state index in [4.69, 9.17) is 25.8 Å². The number of fused-ring (bicyclic) bond motifs is 2. The molecule has 3 aromatic rings. The Bertz CT molecular complexity index is 1200. The van der Waals surface area contributed by atoms with Gasteiger partial charge in [0.1, 0.15) is 0 Å². The number of halogens is 1. The first-order valence-corrected chi connectivity index (χ1v) is 11.2. The minimum atomic E-state index is -0.651. The van der Waals surface area contributed by atoms with Gasteiger partial charge in [0.2, 0.25) is 0 Å². The maximum absolute atomic E-state index is 13.1. The van der Waals surface area contributed by atoms with Crippen LogP contribution in [0.1, 0.15) is 5.56 Å². The van der Waals surface area contributed by atoms with Crippen LogP contribution in [-0.2, 0) is 14.3 Å². The van der Waals surface area contributed by atoms with E-state index in [1.165, 1.54) is 26.4 Å². The van der Waals surface area contributed by atoms with E-state index in [-0.39, 0.29) is 5.91 Å². The second-order valence-corrected chi connectivity index (χ2v) is 8.44. The van der Waals surface area contributed by atoms with Gasteiger partial charge in [-0.2, -0.15) is 0 Å². The standard InChI is InChI=1S/C25H20ClNO5S/c1-30-20-14-16(13-17(26)25(20)31-2)11-12-24(29)32-15-23(28)27-18-7-3-5-9-21(18)33-22-10-6-4-8-19(22)27/h3-14H,15H2,1-2H3. The molecule has 0 atom stereocenters. The number of hydrogen-bond acceptors (Lipinski definition) is 6. The SMILES string of the molecule is COc1cc(C=CC(=O)OCC(=O)N2c3ccccc3Sc3ccccc32)cc(Cl)c1OC. The molecule has 168 valence electrons. The molecule has 0 bridgehead atoms. The Hall–Kier alpha value is -3.42. The summed E-state index contributed by atoms with van der Waals surface area (Å²) in [5.74, 6) is -0.147. The van der Waals surface area contributed by atoms with E-state index in [1.54, 1.807) is 28.8 Å². The van der Waals surface area contributed by atoms with Gasteiger partial charge in [-0.05, 0) is 48.0 Å². The second kappa shape index (κ2) is 10.0. The highest BCUT2D eigenvalue weighted by Crippen LogP contribution is 2.47. The number of ether oxygens (including phenoxy) is 3. The minimum absolute atomic E-state index is 0.342. The summed E-state index contributed by atoms with van der Waals surface area (Å²) in [5.41, 5.74) is 2.15. The molecule has 0 aromatic heterocycles. The molecule has 1 aliphatic heterocycles. The van der Waals surface area contributed by atoms with Crippen LogP contribution in [0.3, 0.4) is 0 Å². The number of anilines is 2. The fourth-order valence-electron chi connectivity index (χ4n) is 3.42. The summed E-state index contributed by atoms with van der Waals surface area (Å²) in [6.45, 7) is -0.400. The highest BCUT2D eigenvalue weighted by Gasteiger charge is 2.28. The van der Waals surface area contributed by atoms with Gasteiger partial charge in [0.25, 0.3) is 5.91 Å². The van der Waals surface area contributed by atoms with Gasteiger partial charge in [0.15, 0.2) is 18.1 Å². The Balaban J connectivity index is 1.47. The number of carbonyl (C=O) groups is 2. The van der Waals surface area contributed by atoms with Gasteiger partial charge >= 0.3 is 5.97 Å². The lowest BCUT2D eigenvalue weighted by Crippen LogP contribution is -2.32. The number of para-hydroxylation sites is 2. The Morgan fingerprint density at radius 3 is 2.21 bits per heavy atom. The minimum Gasteiger partial charge on any atom is -0.493 e. The van der Waals surface area contributed by atoms with Gasteiger partial charge < -0.3 is 14.2 Å². The Morgan fingerprint density at radius 2 is 1.61 bits per heavy atom. The number of benzene rings is 3. The molecule has 0 saturated carbocycles. The summed E-state index contributed by atoms with van der Waals surface area (Å²) < 4.78 is 15.7. The third-order valence-electron chi connectivity index (χ3n) is 4.89. The third-order valence-corrected chi connectivity index (χ3v) is 6.30. The molecule has 4 rings (SSSR count). The van der Waals surface area contributed by atoms with Crippen LogP contribution in [0.5, 0.6) is 11.5 Å². The van der Waals surface area contributed by atoms with Gasteiger partial charge in [-0.3, -0.25) is 9.69 Å². The van der Waals surface area contributed by atoms with Crippen LogP contribution >= 0.6 is 23.4 Å². The van der Waals surface area contributed by atoms with E-state index in [0.29, 0.717) is 22.1 Å². The van der Waals surface area contributed by atoms with Gasteiger partial charge in [-0.25, -0.2) is 4.79 Å². The highest BCUT2D eigenvalue weighted by atomic mass is 35.5. The van der Waals surface area contributed by atoms with Gasteiger partial charge in [0.05, 0.1) is 30.6 Å². The first-order chi connectivity index (χ1) is 16.0. The molecule has 1 aliphatic rings. The number of carbonyl (C=O) groups excluding carboxylic acids is 2. The molecule has 0 saturated heterocycles. The van der Waals surface area contributed by atoms with Crippen molar-refractivity contribution < 1.29 is 23.8 Å². The zero-order valence-corrected chi connectivity index (χ0v) is 19.5. The van der Waals surface area contributed by atoms with E-state index in [1.807, 2.05) is 48.5 Å². The first kappa shape index (κ1) is 22.8. The second-order valence-electron chi connectivity index (χ2n) is 6.95. The fourth-order valence-corrected chi connectivity index (χ4v) is 4.77. The fraction of sp³-hybridized carbons (Fsp3) is 0.120. The molecule has 33 heavy (non-hydrogen) atoms. The summed E-state index contributed by atoms with van der Waals surface area (Å²) in [6, 6.07) is 18.6. The summed E-state index contributed by atoms with van der Waals surface area (Å²) in [4.78, 5) is 28.9. The lowest BCUT2D eigenvalue weighted by molar-refractivity contribution is -0.142. The number of hydrogen-bond donors (Lipinski definition) is 0. The largest absolute Gasteiger partial charge is 0.493 e. The maximum Gasteiger partial charge on any atom is 0.331 e. The molecule has 1 amide bonds. The predicted molar refractivity (Wildman–Crippen MR) is 129 cm³/mol. The molecule has 8 heteroatoms. The van der Waals surface area contributed by atoms with Crippen molar-refractivity contribution in [2.24, 2.45) is 0 Å². The van der Waals surface area contributed by atoms with Crippen LogP contribution in [0.15, 0.2) is 76.5 Å². The number of amides is 1. The van der Waals surface area contributed by atoms with Crippen LogP contribution < -0.4 is 14.4 Å². The molecule has 0 fully saturated rings. The zero-order chi connectivity index (χ0) is 23.4. The number of rotatable bonds is 6. The topological polar surface area (TPSA) is 65.1 Å². The number of nitrogens with zero attached hydrogens (tertiary/aromatic N) is 1. The van der Waals surface area contributed by atoms with Crippen molar-refractivity contribution in [3.8, 4) is 11.5 Å². The number of esters is 1. The lowest BCUT2D eigenvalue weighted by Gasteiger charge is -2.30. The molecular formula is C25H20ClNO5S. The quantitative estimate of drug-likeness (QED) is 0.330. The summed E-state index contributed by atoms with van der Waals surface area (Å²) in [6.07, 6.45) is 2.77. The van der Waals surface area contributed by atoms with E-state index in [2.05, 4.69) is 0 Å². The molecule has 6 nitrogen and oxygen atoms in total. The summed E-state index contributed by atoms with van der Waals surface area (Å²) >= 11 is 7.79. The van der Waals surface area contributed by atoms with Crippen LogP contribution in [0.4, 0.5) is 11.4 Å².